The van der Waals surface area contributed by atoms with Crippen molar-refractivity contribution in [2.45, 2.75) is 453 Å². The van der Waals surface area contributed by atoms with Crippen molar-refractivity contribution in [2.24, 2.45) is 0 Å². The van der Waals surface area contributed by atoms with Gasteiger partial charge in [-0.05, 0) is 57.8 Å². The fourth-order valence-electron chi connectivity index (χ4n) is 13.6. The number of carbonyl (C=O) groups excluding carboxylic acids is 1. The van der Waals surface area contributed by atoms with Gasteiger partial charge in [-0.2, -0.15) is 0 Å². The molecule has 14 nitrogen and oxygen atoms in total. The molecule has 2 aliphatic heterocycles. The van der Waals surface area contributed by atoms with Gasteiger partial charge in [0.05, 0.1) is 32.0 Å². The van der Waals surface area contributed by atoms with Crippen LogP contribution in [0.1, 0.15) is 380 Å². The summed E-state index contributed by atoms with van der Waals surface area (Å²) in [7, 11) is 0. The first-order valence-electron chi connectivity index (χ1n) is 40.7. The van der Waals surface area contributed by atoms with Gasteiger partial charge in [-0.15, -0.1) is 0 Å². The molecule has 12 unspecified atom stereocenters. The maximum Gasteiger partial charge on any atom is 0.220 e. The summed E-state index contributed by atoms with van der Waals surface area (Å²) in [6.07, 6.45) is 69.5. The summed E-state index contributed by atoms with van der Waals surface area (Å²) in [5.41, 5.74) is 0. The van der Waals surface area contributed by atoms with Crippen molar-refractivity contribution in [1.82, 2.24) is 5.32 Å². The summed E-state index contributed by atoms with van der Waals surface area (Å²) in [5, 5.41) is 87.7. The van der Waals surface area contributed by atoms with Gasteiger partial charge in [0.2, 0.25) is 5.91 Å². The minimum Gasteiger partial charge on any atom is -0.394 e. The van der Waals surface area contributed by atoms with Crippen molar-refractivity contribution in [3.8, 4) is 0 Å². The van der Waals surface area contributed by atoms with Crippen LogP contribution in [-0.4, -0.2) is 140 Å². The van der Waals surface area contributed by atoms with Gasteiger partial charge in [-0.3, -0.25) is 4.79 Å². The Morgan fingerprint density at radius 1 is 0.368 bits per heavy atom. The Labute approximate surface area is 582 Å². The third-order valence-corrected chi connectivity index (χ3v) is 20.0. The van der Waals surface area contributed by atoms with Gasteiger partial charge < -0.3 is 65.1 Å². The number of ether oxygens (including phenoxy) is 4. The lowest BCUT2D eigenvalue weighted by Gasteiger charge is -2.46. The molecular weight excluding hydrogens is 1190 g/mol. The number of rotatable bonds is 69. The number of hydrogen-bond donors (Lipinski definition) is 9. The summed E-state index contributed by atoms with van der Waals surface area (Å²) >= 11 is 0. The van der Waals surface area contributed by atoms with Crippen molar-refractivity contribution in [2.75, 3.05) is 19.8 Å². The van der Waals surface area contributed by atoms with E-state index in [-0.39, 0.29) is 18.9 Å². The second-order valence-electron chi connectivity index (χ2n) is 28.9. The van der Waals surface area contributed by atoms with Gasteiger partial charge in [0, 0.05) is 6.42 Å². The molecule has 560 valence electrons. The van der Waals surface area contributed by atoms with Crippen LogP contribution >= 0.6 is 0 Å². The Bertz CT molecular complexity index is 1730. The van der Waals surface area contributed by atoms with E-state index < -0.39 is 86.8 Å². The highest BCUT2D eigenvalue weighted by Gasteiger charge is 2.51. The number of unbranched alkanes of at least 4 members (excludes halogenated alkanes) is 52. The van der Waals surface area contributed by atoms with E-state index in [0.29, 0.717) is 12.8 Å². The minimum atomic E-state index is -1.79. The van der Waals surface area contributed by atoms with Gasteiger partial charge in [0.15, 0.2) is 12.6 Å². The molecule has 2 fully saturated rings. The van der Waals surface area contributed by atoms with E-state index in [4.69, 9.17) is 18.9 Å². The number of aliphatic hydroxyl groups excluding tert-OH is 8. The summed E-state index contributed by atoms with van der Waals surface area (Å²) in [6, 6.07) is -0.932. The predicted octanol–water partition coefficient (Wildman–Crippen LogP) is 18.4. The molecule has 14 heteroatoms. The van der Waals surface area contributed by atoms with E-state index >= 15 is 0 Å². The number of carbonyl (C=O) groups is 1. The van der Waals surface area contributed by atoms with Crippen molar-refractivity contribution in [3.05, 3.63) is 36.5 Å². The summed E-state index contributed by atoms with van der Waals surface area (Å²) < 4.78 is 22.9. The second kappa shape index (κ2) is 65.5. The van der Waals surface area contributed by atoms with E-state index in [1.54, 1.807) is 6.08 Å². The monoisotopic (exact) mass is 1350 g/mol. The number of hydrogen-bond acceptors (Lipinski definition) is 13. The van der Waals surface area contributed by atoms with Crippen LogP contribution in [-0.2, 0) is 23.7 Å². The van der Waals surface area contributed by atoms with Crippen LogP contribution in [0, 0.1) is 0 Å². The molecular formula is C81H153NO13. The second-order valence-corrected chi connectivity index (χ2v) is 28.9. The van der Waals surface area contributed by atoms with E-state index in [9.17, 15) is 45.6 Å². The zero-order chi connectivity index (χ0) is 68.7. The zero-order valence-electron chi connectivity index (χ0n) is 61.4. The van der Waals surface area contributed by atoms with Crippen molar-refractivity contribution in [3.63, 3.8) is 0 Å². The highest BCUT2D eigenvalue weighted by atomic mass is 16.7. The molecule has 0 aromatic heterocycles. The molecule has 95 heavy (non-hydrogen) atoms. The summed E-state index contributed by atoms with van der Waals surface area (Å²) in [4.78, 5) is 13.4. The van der Waals surface area contributed by atoms with E-state index in [2.05, 4.69) is 43.5 Å². The molecule has 0 aliphatic carbocycles. The third kappa shape index (κ3) is 48.6. The van der Waals surface area contributed by atoms with Crippen LogP contribution in [0.5, 0.6) is 0 Å². The fraction of sp³-hybridized carbons (Fsp3) is 0.914. The highest BCUT2D eigenvalue weighted by molar-refractivity contribution is 5.76. The van der Waals surface area contributed by atoms with Crippen molar-refractivity contribution < 1.29 is 64.6 Å². The molecule has 12 atom stereocenters. The maximum atomic E-state index is 13.4. The average Bonchev–Trinajstić information content (AvgIpc) is 0.801. The Kier molecular flexibility index (Phi) is 61.6. The smallest absolute Gasteiger partial charge is 0.220 e. The maximum absolute atomic E-state index is 13.4. The molecule has 0 aromatic rings. The van der Waals surface area contributed by atoms with Crippen LogP contribution in [0.15, 0.2) is 36.5 Å². The normalized spacial score (nSPS) is 22.5. The van der Waals surface area contributed by atoms with Crippen molar-refractivity contribution in [1.29, 1.82) is 0 Å². The largest absolute Gasteiger partial charge is 0.394 e. The lowest BCUT2D eigenvalue weighted by molar-refractivity contribution is -0.359. The topological polar surface area (TPSA) is 228 Å². The first kappa shape index (κ1) is 89.3. The molecule has 1 amide bonds. The lowest BCUT2D eigenvalue weighted by atomic mass is 9.97. The van der Waals surface area contributed by atoms with Gasteiger partial charge >= 0.3 is 0 Å². The number of amides is 1. The minimum absolute atomic E-state index is 0.242. The van der Waals surface area contributed by atoms with Gasteiger partial charge in [-0.25, -0.2) is 0 Å². The molecule has 2 heterocycles. The molecule has 2 saturated heterocycles. The number of allylic oxidation sites excluding steroid dienone is 5. The van der Waals surface area contributed by atoms with E-state index in [0.717, 1.165) is 32.1 Å². The molecule has 0 radical (unpaired) electrons. The molecule has 9 N–H and O–H groups in total. The number of nitrogens with one attached hydrogen (secondary N) is 1. The first-order chi connectivity index (χ1) is 46.6. The Morgan fingerprint density at radius 2 is 0.674 bits per heavy atom. The fourth-order valence-corrected chi connectivity index (χ4v) is 13.6. The van der Waals surface area contributed by atoms with Gasteiger partial charge in [0.1, 0.15) is 48.8 Å². The third-order valence-electron chi connectivity index (χ3n) is 20.0. The quantitative estimate of drug-likeness (QED) is 0.0204. The molecule has 2 aliphatic rings. The Balaban J connectivity index is 1.63. The van der Waals surface area contributed by atoms with Crippen LogP contribution in [0.4, 0.5) is 0 Å². The Morgan fingerprint density at radius 3 is 1.03 bits per heavy atom. The molecule has 0 aromatic carbocycles. The molecule has 0 saturated carbocycles. The first-order valence-corrected chi connectivity index (χ1v) is 40.7. The van der Waals surface area contributed by atoms with Crippen LogP contribution in [0.25, 0.3) is 0 Å². The van der Waals surface area contributed by atoms with E-state index in [1.165, 1.54) is 315 Å². The zero-order valence-corrected chi connectivity index (χ0v) is 61.4. The van der Waals surface area contributed by atoms with Crippen LogP contribution in [0.2, 0.25) is 0 Å². The standard InChI is InChI=1S/C81H153NO13/c1-3-5-7-9-11-13-15-17-19-21-23-25-27-29-31-33-34-35-37-38-40-42-44-46-48-50-52-54-56-58-60-62-64-70(85)69(68-92-80-78(91)76(89)79(72(67-84)94-80)95-81-77(90)75(88)74(87)71(66-83)93-81)82-73(86)65-63-61-59-57-55-53-51-49-47-45-43-41-39-36-32-30-28-26-24-22-20-18-16-14-12-10-8-6-4-2/h22,24,54,56,62,64,69-72,74-81,83-85,87-91H,3-21,23,25-53,55,57-61,63,65-68H2,1-2H3,(H,82,86)/b24-22-,56-54+,64-62+. The number of aliphatic hydroxyl groups is 8. The van der Waals surface area contributed by atoms with Crippen molar-refractivity contribution >= 4 is 5.91 Å². The lowest BCUT2D eigenvalue weighted by Crippen LogP contribution is -2.65. The molecule has 2 rings (SSSR count). The predicted molar refractivity (Wildman–Crippen MR) is 392 cm³/mol. The summed E-state index contributed by atoms with van der Waals surface area (Å²) in [5.74, 6) is -0.242. The average molecular weight is 1350 g/mol. The van der Waals surface area contributed by atoms with Crippen LogP contribution < -0.4 is 5.32 Å². The Hall–Kier alpha value is -1.79. The summed E-state index contributed by atoms with van der Waals surface area (Å²) in [6.45, 7) is 2.85. The van der Waals surface area contributed by atoms with Crippen LogP contribution in [0.3, 0.4) is 0 Å². The van der Waals surface area contributed by atoms with Gasteiger partial charge in [-0.1, -0.05) is 352 Å². The SMILES string of the molecule is CCCCCCCCCC/C=C\CCCCCCCCCCCCCCCCCCCC(=O)NC(COC1OC(CO)C(OC2OC(CO)C(O)C(O)C2O)C(O)C1O)C(O)/C=C/CC/C=C/CCCCCCCCCCCCCCCCCCCCCCCCCCCC. The van der Waals surface area contributed by atoms with Gasteiger partial charge in [0.25, 0.3) is 0 Å². The highest BCUT2D eigenvalue weighted by Crippen LogP contribution is 2.30. The van der Waals surface area contributed by atoms with E-state index in [1.807, 2.05) is 6.08 Å². The molecule has 0 bridgehead atoms. The molecule has 0 spiro atoms.